The van der Waals surface area contributed by atoms with Crippen LogP contribution >= 0.6 is 0 Å². The quantitative estimate of drug-likeness (QED) is 0.483. The monoisotopic (exact) mass is 463 g/mol. The summed E-state index contributed by atoms with van der Waals surface area (Å²) in [6, 6.07) is 16.2. The number of fused-ring (bicyclic) bond motifs is 1. The van der Waals surface area contributed by atoms with Crippen LogP contribution in [0, 0.1) is 11.3 Å². The molecule has 3 atom stereocenters. The van der Waals surface area contributed by atoms with Gasteiger partial charge in [0.2, 0.25) is 12.0 Å². The van der Waals surface area contributed by atoms with Crippen molar-refractivity contribution in [1.29, 1.82) is 0 Å². The highest BCUT2D eigenvalue weighted by atomic mass is 16.7. The molecule has 2 aromatic carbocycles. The summed E-state index contributed by atoms with van der Waals surface area (Å²) in [6.07, 6.45) is -1.69. The van der Waals surface area contributed by atoms with E-state index in [0.717, 1.165) is 10.5 Å². The first-order valence-electron chi connectivity index (χ1n) is 11.2. The summed E-state index contributed by atoms with van der Waals surface area (Å²) in [7, 11) is 3.74. The second kappa shape index (κ2) is 9.02. The molecular weight excluding hydrogens is 434 g/mol. The second-order valence-electron chi connectivity index (χ2n) is 9.82. The molecule has 0 saturated carbocycles. The fourth-order valence-corrected chi connectivity index (χ4v) is 4.06. The van der Waals surface area contributed by atoms with E-state index in [-0.39, 0.29) is 5.97 Å². The Hall–Kier alpha value is -3.52. The van der Waals surface area contributed by atoms with Gasteiger partial charge in [-0.15, -0.1) is 0 Å². The van der Waals surface area contributed by atoms with Gasteiger partial charge in [0.05, 0.1) is 11.1 Å². The van der Waals surface area contributed by atoms with E-state index in [0.29, 0.717) is 23.5 Å². The Balaban J connectivity index is 1.71. The summed E-state index contributed by atoms with van der Waals surface area (Å²) >= 11 is 0. The Morgan fingerprint density at radius 1 is 1.06 bits per heavy atom. The standard InChI is InChI=1S/C26H29N3O5/c1-26(2,3)25(32)33-19(15-28(4)5)17-13-9-10-14-18(17)29-23(30)20-21(16-11-7-6-8-12-16)27-34-22(20)24(29)31/h6-14,19-20,22H,15H2,1-5H3/t19-,20+,22-/m0/s1. The maximum atomic E-state index is 13.6. The highest BCUT2D eigenvalue weighted by Crippen LogP contribution is 2.39. The number of rotatable bonds is 6. The van der Waals surface area contributed by atoms with Gasteiger partial charge in [0.1, 0.15) is 17.7 Å². The average Bonchev–Trinajstić information content (AvgIpc) is 3.33. The van der Waals surface area contributed by atoms with Gasteiger partial charge in [-0.3, -0.25) is 14.4 Å². The lowest BCUT2D eigenvalue weighted by Gasteiger charge is -2.29. The lowest BCUT2D eigenvalue weighted by molar-refractivity contribution is -0.159. The van der Waals surface area contributed by atoms with Crippen LogP contribution in [0.1, 0.15) is 38.0 Å². The Morgan fingerprint density at radius 2 is 1.71 bits per heavy atom. The predicted molar refractivity (Wildman–Crippen MR) is 127 cm³/mol. The van der Waals surface area contributed by atoms with Gasteiger partial charge < -0.3 is 14.5 Å². The lowest BCUT2D eigenvalue weighted by Crippen LogP contribution is -2.36. The number of likely N-dealkylation sites (N-methyl/N-ethyl adjacent to an activating group) is 1. The van der Waals surface area contributed by atoms with Crippen LogP contribution in [0.15, 0.2) is 59.8 Å². The van der Waals surface area contributed by atoms with E-state index in [4.69, 9.17) is 9.57 Å². The van der Waals surface area contributed by atoms with Gasteiger partial charge in [-0.05, 0) is 40.9 Å². The van der Waals surface area contributed by atoms with Crippen molar-refractivity contribution < 1.29 is 24.0 Å². The van der Waals surface area contributed by atoms with Gasteiger partial charge in [0.15, 0.2) is 0 Å². The van der Waals surface area contributed by atoms with Crippen LogP contribution in [0.25, 0.3) is 0 Å². The van der Waals surface area contributed by atoms with E-state index in [1.807, 2.05) is 49.3 Å². The van der Waals surface area contributed by atoms with Crippen LogP contribution in [0.3, 0.4) is 0 Å². The first-order chi connectivity index (χ1) is 16.1. The van der Waals surface area contributed by atoms with E-state index in [9.17, 15) is 14.4 Å². The normalized spacial score (nSPS) is 20.8. The SMILES string of the molecule is CN(C)C[C@H](OC(=O)C(C)(C)C)c1ccccc1N1C(=O)[C@@H]2C(c3ccccc3)=NO[C@@H]2C1=O. The summed E-state index contributed by atoms with van der Waals surface area (Å²) in [5.41, 5.74) is 1.43. The van der Waals surface area contributed by atoms with Crippen LogP contribution in [-0.2, 0) is 24.0 Å². The van der Waals surface area contributed by atoms with E-state index in [2.05, 4.69) is 5.16 Å². The van der Waals surface area contributed by atoms with Crippen molar-refractivity contribution in [2.45, 2.75) is 33.0 Å². The van der Waals surface area contributed by atoms with Crippen molar-refractivity contribution in [3.63, 3.8) is 0 Å². The number of oxime groups is 1. The molecule has 2 aliphatic heterocycles. The largest absolute Gasteiger partial charge is 0.456 e. The molecule has 4 rings (SSSR count). The third-order valence-corrected chi connectivity index (χ3v) is 5.80. The molecular formula is C26H29N3O5. The van der Waals surface area contributed by atoms with Crippen molar-refractivity contribution in [3.8, 4) is 0 Å². The molecule has 0 bridgehead atoms. The molecule has 0 unspecified atom stereocenters. The van der Waals surface area contributed by atoms with E-state index < -0.39 is 35.4 Å². The molecule has 2 aliphatic rings. The minimum atomic E-state index is -1.01. The summed E-state index contributed by atoms with van der Waals surface area (Å²) in [4.78, 5) is 48.1. The molecule has 8 heteroatoms. The number of para-hydroxylation sites is 1. The minimum absolute atomic E-state index is 0.369. The molecule has 8 nitrogen and oxygen atoms in total. The number of nitrogens with zero attached hydrogens (tertiary/aromatic N) is 3. The number of hydrogen-bond acceptors (Lipinski definition) is 7. The topological polar surface area (TPSA) is 88.5 Å². The number of ether oxygens (including phenoxy) is 1. The Kier molecular flexibility index (Phi) is 6.27. The zero-order valence-corrected chi connectivity index (χ0v) is 20.0. The number of imide groups is 1. The van der Waals surface area contributed by atoms with Gasteiger partial charge >= 0.3 is 5.97 Å². The molecule has 1 fully saturated rings. The minimum Gasteiger partial charge on any atom is -0.456 e. The molecule has 2 heterocycles. The molecule has 0 spiro atoms. The Bertz CT molecular complexity index is 1140. The van der Waals surface area contributed by atoms with Crippen LogP contribution in [-0.4, -0.2) is 55.1 Å². The van der Waals surface area contributed by atoms with Crippen LogP contribution < -0.4 is 4.90 Å². The molecule has 0 aliphatic carbocycles. The highest BCUT2D eigenvalue weighted by Gasteiger charge is 2.56. The van der Waals surface area contributed by atoms with Crippen LogP contribution in [0.5, 0.6) is 0 Å². The van der Waals surface area contributed by atoms with Crippen molar-refractivity contribution >= 4 is 29.2 Å². The Morgan fingerprint density at radius 3 is 2.35 bits per heavy atom. The van der Waals surface area contributed by atoms with Crippen LogP contribution in [0.2, 0.25) is 0 Å². The van der Waals surface area contributed by atoms with Crippen molar-refractivity contribution in [2.75, 3.05) is 25.5 Å². The number of esters is 1. The number of amides is 2. The summed E-state index contributed by atoms with van der Waals surface area (Å²) in [6.45, 7) is 5.73. The molecule has 0 radical (unpaired) electrons. The number of carbonyl (C=O) groups is 3. The third kappa shape index (κ3) is 4.33. The van der Waals surface area contributed by atoms with E-state index in [1.165, 1.54) is 0 Å². The predicted octanol–water partition coefficient (Wildman–Crippen LogP) is 3.17. The number of hydrogen-bond donors (Lipinski definition) is 0. The van der Waals surface area contributed by atoms with Gasteiger partial charge in [0.25, 0.3) is 5.91 Å². The van der Waals surface area contributed by atoms with Gasteiger partial charge in [0, 0.05) is 17.7 Å². The maximum Gasteiger partial charge on any atom is 0.311 e. The molecule has 0 aromatic heterocycles. The fourth-order valence-electron chi connectivity index (χ4n) is 4.06. The zero-order valence-electron chi connectivity index (χ0n) is 20.0. The smallest absolute Gasteiger partial charge is 0.311 e. The van der Waals surface area contributed by atoms with E-state index >= 15 is 0 Å². The van der Waals surface area contributed by atoms with Crippen LogP contribution in [0.4, 0.5) is 5.69 Å². The van der Waals surface area contributed by atoms with Gasteiger partial charge in [-0.2, -0.15) is 0 Å². The summed E-state index contributed by atoms with van der Waals surface area (Å²) in [5, 5.41) is 4.06. The average molecular weight is 464 g/mol. The van der Waals surface area contributed by atoms with Gasteiger partial charge in [-0.25, -0.2) is 4.90 Å². The lowest BCUT2D eigenvalue weighted by atomic mass is 9.94. The molecule has 178 valence electrons. The fraction of sp³-hybridized carbons (Fsp3) is 0.385. The summed E-state index contributed by atoms with van der Waals surface area (Å²) in [5.74, 6) is -2.09. The molecule has 2 amide bonds. The first kappa shape index (κ1) is 23.6. The van der Waals surface area contributed by atoms with Crippen molar-refractivity contribution in [2.24, 2.45) is 16.5 Å². The molecule has 1 saturated heterocycles. The van der Waals surface area contributed by atoms with Gasteiger partial charge in [-0.1, -0.05) is 53.7 Å². The zero-order chi connectivity index (χ0) is 24.6. The van der Waals surface area contributed by atoms with E-state index in [1.54, 1.807) is 45.0 Å². The maximum absolute atomic E-state index is 13.6. The number of benzene rings is 2. The summed E-state index contributed by atoms with van der Waals surface area (Å²) < 4.78 is 5.88. The Labute approximate surface area is 199 Å². The number of anilines is 1. The highest BCUT2D eigenvalue weighted by molar-refractivity contribution is 6.32. The number of carbonyl (C=O) groups excluding carboxylic acids is 3. The van der Waals surface area contributed by atoms with Crippen molar-refractivity contribution in [3.05, 3.63) is 65.7 Å². The van der Waals surface area contributed by atoms with Crippen molar-refractivity contribution in [1.82, 2.24) is 4.90 Å². The first-order valence-corrected chi connectivity index (χ1v) is 11.2. The second-order valence-corrected chi connectivity index (χ2v) is 9.82. The molecule has 2 aromatic rings. The molecule has 0 N–H and O–H groups in total. The third-order valence-electron chi connectivity index (χ3n) is 5.80. The molecule has 34 heavy (non-hydrogen) atoms.